The molecule has 0 bridgehead atoms. The third kappa shape index (κ3) is 4.82. The molecule has 1 aliphatic heterocycles. The molecular formula is C15H21N3O3. The van der Waals surface area contributed by atoms with E-state index in [4.69, 9.17) is 4.74 Å². The summed E-state index contributed by atoms with van der Waals surface area (Å²) in [5.74, 6) is 0.448. The number of Topliss-reactive ketones (excluding diaryl/α,β-unsaturated/α-hetero) is 1. The first-order valence-corrected chi connectivity index (χ1v) is 7.24. The van der Waals surface area contributed by atoms with E-state index in [0.717, 1.165) is 32.0 Å². The highest BCUT2D eigenvalue weighted by atomic mass is 16.5. The lowest BCUT2D eigenvalue weighted by atomic mass is 10.2. The Hall–Kier alpha value is -1.95. The summed E-state index contributed by atoms with van der Waals surface area (Å²) in [7, 11) is 0. The van der Waals surface area contributed by atoms with Gasteiger partial charge in [0, 0.05) is 32.4 Å². The van der Waals surface area contributed by atoms with Gasteiger partial charge in [-0.05, 0) is 19.1 Å². The molecular weight excluding hydrogens is 270 g/mol. The largest absolute Gasteiger partial charge is 0.466 e. The summed E-state index contributed by atoms with van der Waals surface area (Å²) in [6.07, 6.45) is 1.65. The van der Waals surface area contributed by atoms with Crippen molar-refractivity contribution in [1.82, 2.24) is 9.88 Å². The molecule has 0 aromatic carbocycles. The topological polar surface area (TPSA) is 62.7 Å². The second kappa shape index (κ2) is 7.73. The van der Waals surface area contributed by atoms with Crippen molar-refractivity contribution in [2.75, 3.05) is 44.2 Å². The molecule has 2 heterocycles. The van der Waals surface area contributed by atoms with E-state index in [0.29, 0.717) is 13.2 Å². The second-order valence-electron chi connectivity index (χ2n) is 4.97. The first kappa shape index (κ1) is 15.4. The van der Waals surface area contributed by atoms with E-state index in [-0.39, 0.29) is 12.2 Å². The minimum atomic E-state index is -0.436. The Morgan fingerprint density at radius 3 is 2.62 bits per heavy atom. The van der Waals surface area contributed by atoms with Crippen LogP contribution >= 0.6 is 0 Å². The van der Waals surface area contributed by atoms with Crippen LogP contribution in [0.15, 0.2) is 24.4 Å². The van der Waals surface area contributed by atoms with Crippen molar-refractivity contribution < 1.29 is 14.3 Å². The monoisotopic (exact) mass is 291 g/mol. The van der Waals surface area contributed by atoms with Gasteiger partial charge < -0.3 is 9.64 Å². The van der Waals surface area contributed by atoms with Crippen molar-refractivity contribution in [1.29, 1.82) is 0 Å². The maximum atomic E-state index is 11.8. The lowest BCUT2D eigenvalue weighted by molar-refractivity contribution is -0.145. The number of nitrogens with zero attached hydrogens (tertiary/aromatic N) is 3. The first-order valence-electron chi connectivity index (χ1n) is 7.24. The molecule has 0 saturated carbocycles. The molecule has 0 spiro atoms. The smallest absolute Gasteiger partial charge is 0.313 e. The number of hydrogen-bond acceptors (Lipinski definition) is 6. The van der Waals surface area contributed by atoms with Gasteiger partial charge in [0.1, 0.15) is 12.2 Å². The fourth-order valence-corrected chi connectivity index (χ4v) is 2.35. The van der Waals surface area contributed by atoms with Crippen molar-refractivity contribution in [3.05, 3.63) is 24.4 Å². The Morgan fingerprint density at radius 2 is 2.00 bits per heavy atom. The van der Waals surface area contributed by atoms with Crippen LogP contribution in [-0.4, -0.2) is 61.0 Å². The number of pyridine rings is 1. The lowest BCUT2D eigenvalue weighted by Crippen LogP contribution is -2.48. The van der Waals surface area contributed by atoms with E-state index in [1.807, 2.05) is 18.2 Å². The first-order chi connectivity index (χ1) is 10.2. The number of ether oxygens (including phenoxy) is 1. The van der Waals surface area contributed by atoms with Gasteiger partial charge in [-0.3, -0.25) is 14.5 Å². The molecule has 0 radical (unpaired) electrons. The van der Waals surface area contributed by atoms with E-state index in [2.05, 4.69) is 14.8 Å². The minimum Gasteiger partial charge on any atom is -0.466 e. The van der Waals surface area contributed by atoms with Crippen LogP contribution in [0.1, 0.15) is 13.3 Å². The lowest BCUT2D eigenvalue weighted by Gasteiger charge is -2.34. The predicted molar refractivity (Wildman–Crippen MR) is 79.1 cm³/mol. The van der Waals surface area contributed by atoms with Crippen molar-refractivity contribution in [2.24, 2.45) is 0 Å². The van der Waals surface area contributed by atoms with Gasteiger partial charge in [-0.1, -0.05) is 6.07 Å². The average molecular weight is 291 g/mol. The number of hydrogen-bond donors (Lipinski definition) is 0. The highest BCUT2D eigenvalue weighted by molar-refractivity contribution is 5.96. The standard InChI is InChI=1S/C15H21N3O3/c1-2-21-15(20)11-13(19)12-17-7-9-18(10-8-17)14-5-3-4-6-16-14/h3-6H,2,7-12H2,1H3. The third-order valence-electron chi connectivity index (χ3n) is 3.39. The van der Waals surface area contributed by atoms with Crippen LogP contribution in [0.2, 0.25) is 0 Å². The van der Waals surface area contributed by atoms with Crippen molar-refractivity contribution in [3.63, 3.8) is 0 Å². The SMILES string of the molecule is CCOC(=O)CC(=O)CN1CCN(c2ccccn2)CC1. The Morgan fingerprint density at radius 1 is 1.24 bits per heavy atom. The number of rotatable bonds is 6. The number of carbonyl (C=O) groups is 2. The van der Waals surface area contributed by atoms with E-state index >= 15 is 0 Å². The minimum absolute atomic E-state index is 0.0836. The molecule has 114 valence electrons. The van der Waals surface area contributed by atoms with E-state index in [1.54, 1.807) is 13.1 Å². The molecule has 0 atom stereocenters. The van der Waals surface area contributed by atoms with Crippen LogP contribution in [0.25, 0.3) is 0 Å². The predicted octanol–water partition coefficient (Wildman–Crippen LogP) is 0.726. The van der Waals surface area contributed by atoms with Crippen LogP contribution < -0.4 is 4.90 Å². The summed E-state index contributed by atoms with van der Waals surface area (Å²) in [4.78, 5) is 31.6. The zero-order chi connectivity index (χ0) is 15.1. The van der Waals surface area contributed by atoms with Crippen molar-refractivity contribution >= 4 is 17.6 Å². The summed E-state index contributed by atoms with van der Waals surface area (Å²) in [5.41, 5.74) is 0. The van der Waals surface area contributed by atoms with E-state index < -0.39 is 5.97 Å². The van der Waals surface area contributed by atoms with Crippen molar-refractivity contribution in [3.8, 4) is 0 Å². The van der Waals surface area contributed by atoms with Crippen LogP contribution in [0.5, 0.6) is 0 Å². The average Bonchev–Trinajstić information content (AvgIpc) is 2.49. The summed E-state index contributed by atoms with van der Waals surface area (Å²) in [6, 6.07) is 5.85. The summed E-state index contributed by atoms with van der Waals surface area (Å²) < 4.78 is 4.78. The van der Waals surface area contributed by atoms with Gasteiger partial charge in [-0.2, -0.15) is 0 Å². The molecule has 0 aliphatic carbocycles. The number of piperazine rings is 1. The number of esters is 1. The molecule has 2 rings (SSSR count). The van der Waals surface area contributed by atoms with Gasteiger partial charge in [-0.15, -0.1) is 0 Å². The van der Waals surface area contributed by atoms with Crippen LogP contribution in [0, 0.1) is 0 Å². The summed E-state index contributed by atoms with van der Waals surface area (Å²) in [5, 5.41) is 0. The van der Waals surface area contributed by atoms with Gasteiger partial charge in [-0.25, -0.2) is 4.98 Å². The van der Waals surface area contributed by atoms with E-state index in [1.165, 1.54) is 0 Å². The maximum absolute atomic E-state index is 11.8. The van der Waals surface area contributed by atoms with Gasteiger partial charge in [0.15, 0.2) is 5.78 Å². The number of carbonyl (C=O) groups excluding carboxylic acids is 2. The molecule has 1 aromatic rings. The Bertz CT molecular complexity index is 470. The zero-order valence-electron chi connectivity index (χ0n) is 12.3. The van der Waals surface area contributed by atoms with Crippen LogP contribution in [-0.2, 0) is 14.3 Å². The molecule has 1 aliphatic rings. The van der Waals surface area contributed by atoms with Crippen molar-refractivity contribution in [2.45, 2.75) is 13.3 Å². The molecule has 21 heavy (non-hydrogen) atoms. The zero-order valence-corrected chi connectivity index (χ0v) is 12.3. The number of anilines is 1. The Balaban J connectivity index is 1.74. The highest BCUT2D eigenvalue weighted by Gasteiger charge is 2.20. The summed E-state index contributed by atoms with van der Waals surface area (Å²) in [6.45, 7) is 5.63. The van der Waals surface area contributed by atoms with Gasteiger partial charge in [0.05, 0.1) is 13.2 Å². The number of ketones is 1. The van der Waals surface area contributed by atoms with Crippen LogP contribution in [0.4, 0.5) is 5.82 Å². The summed E-state index contributed by atoms with van der Waals surface area (Å²) >= 11 is 0. The second-order valence-corrected chi connectivity index (χ2v) is 4.97. The van der Waals surface area contributed by atoms with Crippen LogP contribution in [0.3, 0.4) is 0 Å². The molecule has 0 unspecified atom stereocenters. The van der Waals surface area contributed by atoms with Gasteiger partial charge in [0.2, 0.25) is 0 Å². The molecule has 1 fully saturated rings. The normalized spacial score (nSPS) is 15.8. The molecule has 1 saturated heterocycles. The molecule has 0 N–H and O–H groups in total. The molecule has 0 amide bonds. The fourth-order valence-electron chi connectivity index (χ4n) is 2.35. The number of aromatic nitrogens is 1. The maximum Gasteiger partial charge on any atom is 0.313 e. The molecule has 6 nitrogen and oxygen atoms in total. The Labute approximate surface area is 124 Å². The van der Waals surface area contributed by atoms with Gasteiger partial charge in [0.25, 0.3) is 0 Å². The quantitative estimate of drug-likeness (QED) is 0.568. The van der Waals surface area contributed by atoms with Gasteiger partial charge >= 0.3 is 5.97 Å². The highest BCUT2D eigenvalue weighted by Crippen LogP contribution is 2.12. The molecule has 6 heteroatoms. The molecule has 1 aromatic heterocycles. The fraction of sp³-hybridized carbons (Fsp3) is 0.533. The Kier molecular flexibility index (Phi) is 5.68. The third-order valence-corrected chi connectivity index (χ3v) is 3.39. The van der Waals surface area contributed by atoms with E-state index in [9.17, 15) is 9.59 Å².